The third kappa shape index (κ3) is 6.07. The van der Waals surface area contributed by atoms with Crippen molar-refractivity contribution < 1.29 is 0 Å². The lowest BCUT2D eigenvalue weighted by Crippen LogP contribution is -2.47. The van der Waals surface area contributed by atoms with Gasteiger partial charge in [-0.25, -0.2) is 0 Å². The van der Waals surface area contributed by atoms with Crippen LogP contribution in [0.5, 0.6) is 0 Å². The summed E-state index contributed by atoms with van der Waals surface area (Å²) in [5.41, 5.74) is 3.96. The number of rotatable bonds is 8. The minimum absolute atomic E-state index is 0.0190. The summed E-state index contributed by atoms with van der Waals surface area (Å²) in [6.45, 7) is 12.8. The number of pyridine rings is 1. The van der Waals surface area contributed by atoms with Gasteiger partial charge in [0, 0.05) is 30.1 Å². The Labute approximate surface area is 192 Å². The smallest absolute Gasteiger partial charge is 0.253 e. The zero-order chi connectivity index (χ0) is 22.4. The number of nitrogens with one attached hydrogen (secondary N) is 2. The molecular formula is C25H38N4OS. The Hall–Kier alpha value is -1.92. The van der Waals surface area contributed by atoms with Gasteiger partial charge in [0.1, 0.15) is 0 Å². The summed E-state index contributed by atoms with van der Waals surface area (Å²) in [5.74, 6) is 0. The predicted molar refractivity (Wildman–Crippen MR) is 135 cm³/mol. The molecule has 2 N–H and O–H groups in total. The van der Waals surface area contributed by atoms with Gasteiger partial charge in [0.15, 0.2) is 5.11 Å². The van der Waals surface area contributed by atoms with Gasteiger partial charge in [-0.15, -0.1) is 0 Å². The van der Waals surface area contributed by atoms with Crippen LogP contribution in [0.15, 0.2) is 23.0 Å². The SMILES string of the molecule is CCN(CC)CCN(Cc1cc2c(C)ccc(C)c2[nH]c1=O)C(=S)NC1CCCCC1. The first-order valence-electron chi connectivity index (χ1n) is 11.8. The first-order valence-corrected chi connectivity index (χ1v) is 12.2. The average Bonchev–Trinajstić information content (AvgIpc) is 2.77. The lowest BCUT2D eigenvalue weighted by molar-refractivity contribution is 0.261. The van der Waals surface area contributed by atoms with Crippen molar-refractivity contribution >= 4 is 28.2 Å². The fourth-order valence-corrected chi connectivity index (χ4v) is 4.83. The Bertz CT molecular complexity index is 944. The molecule has 1 aliphatic carbocycles. The molecule has 5 nitrogen and oxygen atoms in total. The Balaban J connectivity index is 1.84. The van der Waals surface area contributed by atoms with Crippen LogP contribution in [-0.4, -0.2) is 52.1 Å². The van der Waals surface area contributed by atoms with Gasteiger partial charge in [0.25, 0.3) is 5.56 Å². The Morgan fingerprint density at radius 1 is 1.10 bits per heavy atom. The second-order valence-electron chi connectivity index (χ2n) is 8.84. The van der Waals surface area contributed by atoms with Crippen molar-refractivity contribution in [1.82, 2.24) is 20.1 Å². The maximum absolute atomic E-state index is 12.9. The summed E-state index contributed by atoms with van der Waals surface area (Å²) >= 11 is 5.85. The van der Waals surface area contributed by atoms with E-state index in [0.717, 1.165) is 53.3 Å². The molecular weight excluding hydrogens is 404 g/mol. The van der Waals surface area contributed by atoms with Crippen molar-refractivity contribution in [3.63, 3.8) is 0 Å². The Morgan fingerprint density at radius 2 is 1.77 bits per heavy atom. The molecule has 1 aromatic heterocycles. The summed E-state index contributed by atoms with van der Waals surface area (Å²) < 4.78 is 0. The quantitative estimate of drug-likeness (QED) is 0.590. The molecule has 0 radical (unpaired) electrons. The second kappa shape index (κ2) is 11.1. The molecule has 1 aromatic carbocycles. The second-order valence-corrected chi connectivity index (χ2v) is 9.23. The van der Waals surface area contributed by atoms with Crippen molar-refractivity contribution in [3.05, 3.63) is 45.2 Å². The summed E-state index contributed by atoms with van der Waals surface area (Å²) in [5, 5.41) is 5.50. The highest BCUT2D eigenvalue weighted by atomic mass is 32.1. The van der Waals surface area contributed by atoms with Gasteiger partial charge in [0.2, 0.25) is 0 Å². The number of aryl methyl sites for hydroxylation is 2. The molecule has 1 heterocycles. The monoisotopic (exact) mass is 442 g/mol. The van der Waals surface area contributed by atoms with E-state index in [1.807, 2.05) is 6.92 Å². The molecule has 31 heavy (non-hydrogen) atoms. The number of hydrogen-bond donors (Lipinski definition) is 2. The first kappa shape index (κ1) is 23.7. The molecule has 2 aromatic rings. The molecule has 0 aliphatic heterocycles. The van der Waals surface area contributed by atoms with Crippen molar-refractivity contribution in [1.29, 1.82) is 0 Å². The molecule has 1 saturated carbocycles. The number of H-pyrrole nitrogens is 1. The van der Waals surface area contributed by atoms with Gasteiger partial charge >= 0.3 is 0 Å². The maximum Gasteiger partial charge on any atom is 0.253 e. The van der Waals surface area contributed by atoms with Crippen molar-refractivity contribution in [3.8, 4) is 0 Å². The predicted octanol–water partition coefficient (Wildman–Crippen LogP) is 4.50. The highest BCUT2D eigenvalue weighted by molar-refractivity contribution is 7.80. The minimum Gasteiger partial charge on any atom is -0.360 e. The van der Waals surface area contributed by atoms with Crippen LogP contribution >= 0.6 is 12.2 Å². The van der Waals surface area contributed by atoms with Crippen LogP contribution in [0, 0.1) is 13.8 Å². The number of fused-ring (bicyclic) bond motifs is 1. The van der Waals surface area contributed by atoms with Gasteiger partial charge < -0.3 is 20.1 Å². The van der Waals surface area contributed by atoms with Crippen molar-refractivity contribution in [2.75, 3.05) is 26.2 Å². The normalized spacial score (nSPS) is 14.9. The molecule has 0 saturated heterocycles. The molecule has 6 heteroatoms. The zero-order valence-electron chi connectivity index (χ0n) is 19.6. The van der Waals surface area contributed by atoms with Crippen LogP contribution in [0.1, 0.15) is 62.6 Å². The molecule has 1 aliphatic rings. The number of nitrogens with zero attached hydrogens (tertiary/aromatic N) is 2. The largest absolute Gasteiger partial charge is 0.360 e. The molecule has 0 spiro atoms. The number of benzene rings is 1. The lowest BCUT2D eigenvalue weighted by atomic mass is 9.96. The molecule has 170 valence electrons. The number of aromatic amines is 1. The maximum atomic E-state index is 12.9. The molecule has 0 bridgehead atoms. The Kier molecular flexibility index (Phi) is 8.50. The molecule has 3 rings (SSSR count). The summed E-state index contributed by atoms with van der Waals surface area (Å²) in [6, 6.07) is 6.70. The topological polar surface area (TPSA) is 51.4 Å². The highest BCUT2D eigenvalue weighted by Gasteiger charge is 2.19. The van der Waals surface area contributed by atoms with E-state index >= 15 is 0 Å². The molecule has 0 atom stereocenters. The molecule has 1 fully saturated rings. The van der Waals surface area contributed by atoms with Crippen molar-refractivity contribution in [2.24, 2.45) is 0 Å². The van der Waals surface area contributed by atoms with Crippen LogP contribution in [0.4, 0.5) is 0 Å². The van der Waals surface area contributed by atoms with Gasteiger partial charge in [-0.2, -0.15) is 0 Å². The van der Waals surface area contributed by atoms with E-state index in [-0.39, 0.29) is 5.56 Å². The van der Waals surface area contributed by atoms with Gasteiger partial charge in [-0.05, 0) is 69.2 Å². The zero-order valence-corrected chi connectivity index (χ0v) is 20.4. The number of likely N-dealkylation sites (N-methyl/N-ethyl adjacent to an activating group) is 1. The third-order valence-corrected chi connectivity index (χ3v) is 7.06. The first-order chi connectivity index (χ1) is 14.9. The number of hydrogen-bond acceptors (Lipinski definition) is 3. The van der Waals surface area contributed by atoms with Crippen LogP contribution in [-0.2, 0) is 6.54 Å². The fraction of sp³-hybridized carbons (Fsp3) is 0.600. The van der Waals surface area contributed by atoms with Crippen LogP contribution in [0.3, 0.4) is 0 Å². The van der Waals surface area contributed by atoms with Crippen LogP contribution < -0.4 is 10.9 Å². The number of thiocarbonyl (C=S) groups is 1. The van der Waals surface area contributed by atoms with E-state index in [1.54, 1.807) is 0 Å². The summed E-state index contributed by atoms with van der Waals surface area (Å²) in [7, 11) is 0. The van der Waals surface area contributed by atoms with E-state index in [2.05, 4.69) is 59.1 Å². The standard InChI is InChI=1S/C25H38N4OS/c1-5-28(6-2)14-15-29(25(31)26-21-10-8-7-9-11-21)17-20-16-22-18(3)12-13-19(4)23(22)27-24(20)30/h12-13,16,21H,5-11,14-15,17H2,1-4H3,(H,26,31)(H,27,30). The van der Waals surface area contributed by atoms with Crippen LogP contribution in [0.25, 0.3) is 10.9 Å². The summed E-state index contributed by atoms with van der Waals surface area (Å²) in [4.78, 5) is 20.6. The van der Waals surface area contributed by atoms with E-state index in [0.29, 0.717) is 12.6 Å². The van der Waals surface area contributed by atoms with Gasteiger partial charge in [0.05, 0.1) is 12.1 Å². The minimum atomic E-state index is -0.0190. The Morgan fingerprint density at radius 3 is 2.45 bits per heavy atom. The van der Waals surface area contributed by atoms with Gasteiger partial charge in [-0.1, -0.05) is 45.2 Å². The summed E-state index contributed by atoms with van der Waals surface area (Å²) in [6.07, 6.45) is 6.21. The highest BCUT2D eigenvalue weighted by Crippen LogP contribution is 2.21. The molecule has 0 unspecified atom stereocenters. The molecule has 0 amide bonds. The van der Waals surface area contributed by atoms with Gasteiger partial charge in [-0.3, -0.25) is 4.79 Å². The van der Waals surface area contributed by atoms with E-state index in [4.69, 9.17) is 12.2 Å². The van der Waals surface area contributed by atoms with Crippen molar-refractivity contribution in [2.45, 2.75) is 72.4 Å². The van der Waals surface area contributed by atoms with E-state index in [1.165, 1.54) is 37.7 Å². The fourth-order valence-electron chi connectivity index (χ4n) is 4.51. The lowest BCUT2D eigenvalue weighted by Gasteiger charge is -2.32. The third-order valence-electron chi connectivity index (χ3n) is 6.68. The van der Waals surface area contributed by atoms with E-state index in [9.17, 15) is 4.79 Å². The number of aromatic nitrogens is 1. The average molecular weight is 443 g/mol. The van der Waals surface area contributed by atoms with Crippen LogP contribution in [0.2, 0.25) is 0 Å². The van der Waals surface area contributed by atoms with E-state index < -0.39 is 0 Å².